The highest BCUT2D eigenvalue weighted by molar-refractivity contribution is 7.15. The van der Waals surface area contributed by atoms with Crippen molar-refractivity contribution >= 4 is 17.3 Å². The highest BCUT2D eigenvalue weighted by Gasteiger charge is 2.14. The fraction of sp³-hybridized carbons (Fsp3) is 0.0526. The Kier molecular flexibility index (Phi) is 4.53. The third-order valence-corrected chi connectivity index (χ3v) is 4.66. The number of carbonyl (C=O) groups is 1. The molecule has 0 spiro atoms. The minimum atomic E-state index is -0.512. The van der Waals surface area contributed by atoms with Crippen molar-refractivity contribution in [3.63, 3.8) is 0 Å². The van der Waals surface area contributed by atoms with Crippen molar-refractivity contribution in [2.45, 2.75) is 6.61 Å². The lowest BCUT2D eigenvalue weighted by Gasteiger charge is -1.99. The van der Waals surface area contributed by atoms with E-state index < -0.39 is 5.97 Å². The van der Waals surface area contributed by atoms with Crippen LogP contribution in [0.4, 0.5) is 0 Å². The monoisotopic (exact) mass is 362 g/mol. The average Bonchev–Trinajstić information content (AvgIpc) is 3.37. The maximum atomic E-state index is 12.2. The minimum Gasteiger partial charge on any atom is -0.455 e. The number of rotatable bonds is 5. The zero-order valence-corrected chi connectivity index (χ0v) is 14.5. The van der Waals surface area contributed by atoms with Gasteiger partial charge in [0.05, 0.1) is 16.8 Å². The Balaban J connectivity index is 1.40. The second kappa shape index (κ2) is 7.28. The molecule has 26 heavy (non-hydrogen) atoms. The van der Waals surface area contributed by atoms with Gasteiger partial charge < -0.3 is 4.74 Å². The van der Waals surface area contributed by atoms with Crippen molar-refractivity contribution in [2.24, 2.45) is 0 Å². The van der Waals surface area contributed by atoms with E-state index in [2.05, 4.69) is 15.3 Å². The molecule has 128 valence electrons. The molecule has 0 amide bonds. The number of para-hydroxylation sites is 1. The topological polar surface area (TPSA) is 69.9 Å². The Hall–Kier alpha value is -3.32. The zero-order chi connectivity index (χ0) is 17.8. The SMILES string of the molecule is O=C(OCc1cnc(-c2ccccc2)s1)c1cn(-c2ccccc2)nn1. The fourth-order valence-corrected chi connectivity index (χ4v) is 3.19. The third-order valence-electron chi connectivity index (χ3n) is 3.64. The molecule has 4 rings (SSSR count). The van der Waals surface area contributed by atoms with E-state index in [0.29, 0.717) is 0 Å². The number of benzene rings is 2. The highest BCUT2D eigenvalue weighted by atomic mass is 32.1. The highest BCUT2D eigenvalue weighted by Crippen LogP contribution is 2.25. The number of carbonyl (C=O) groups excluding carboxylic acids is 1. The standard InChI is InChI=1S/C19H14N4O2S/c24-19(17-12-23(22-21-17)15-9-5-2-6-10-15)25-13-16-11-20-18(26-16)14-7-3-1-4-8-14/h1-12H,13H2. The van der Waals surface area contributed by atoms with Gasteiger partial charge in [0.1, 0.15) is 11.6 Å². The Morgan fingerprint density at radius 3 is 2.54 bits per heavy atom. The first kappa shape index (κ1) is 16.2. The van der Waals surface area contributed by atoms with Gasteiger partial charge in [-0.05, 0) is 12.1 Å². The van der Waals surface area contributed by atoms with Crippen LogP contribution in [0.25, 0.3) is 16.3 Å². The molecule has 0 aliphatic carbocycles. The number of ether oxygens (including phenoxy) is 1. The van der Waals surface area contributed by atoms with E-state index in [0.717, 1.165) is 21.1 Å². The molecule has 6 nitrogen and oxygen atoms in total. The lowest BCUT2D eigenvalue weighted by atomic mass is 10.2. The van der Waals surface area contributed by atoms with Crippen LogP contribution in [-0.2, 0) is 11.3 Å². The van der Waals surface area contributed by atoms with Crippen molar-refractivity contribution < 1.29 is 9.53 Å². The van der Waals surface area contributed by atoms with E-state index in [1.54, 1.807) is 12.4 Å². The van der Waals surface area contributed by atoms with E-state index >= 15 is 0 Å². The van der Waals surface area contributed by atoms with E-state index in [9.17, 15) is 4.79 Å². The van der Waals surface area contributed by atoms with E-state index in [1.807, 2.05) is 60.7 Å². The van der Waals surface area contributed by atoms with Crippen molar-refractivity contribution in [2.75, 3.05) is 0 Å². The second-order valence-corrected chi connectivity index (χ2v) is 6.57. The quantitative estimate of drug-likeness (QED) is 0.506. The number of aromatic nitrogens is 4. The summed E-state index contributed by atoms with van der Waals surface area (Å²) < 4.78 is 6.87. The lowest BCUT2D eigenvalue weighted by molar-refractivity contribution is 0.0469. The Labute approximate surface area is 153 Å². The van der Waals surface area contributed by atoms with Crippen LogP contribution >= 0.6 is 11.3 Å². The molecule has 0 fully saturated rings. The number of nitrogens with zero attached hydrogens (tertiary/aromatic N) is 4. The summed E-state index contributed by atoms with van der Waals surface area (Å²) in [7, 11) is 0. The molecule has 0 radical (unpaired) electrons. The van der Waals surface area contributed by atoms with Crippen LogP contribution in [-0.4, -0.2) is 25.9 Å². The average molecular weight is 362 g/mol. The second-order valence-electron chi connectivity index (χ2n) is 5.46. The van der Waals surface area contributed by atoms with Gasteiger partial charge >= 0.3 is 5.97 Å². The molecular formula is C19H14N4O2S. The number of thiazole rings is 1. The first-order valence-electron chi connectivity index (χ1n) is 7.94. The Bertz CT molecular complexity index is 1010. The van der Waals surface area contributed by atoms with Crippen LogP contribution in [0.5, 0.6) is 0 Å². The molecule has 0 atom stereocenters. The maximum Gasteiger partial charge on any atom is 0.360 e. The van der Waals surface area contributed by atoms with Crippen LogP contribution < -0.4 is 0 Å². The molecule has 0 aliphatic rings. The molecule has 4 aromatic rings. The van der Waals surface area contributed by atoms with Crippen LogP contribution in [0.1, 0.15) is 15.4 Å². The third kappa shape index (κ3) is 3.52. The van der Waals surface area contributed by atoms with Gasteiger partial charge in [-0.15, -0.1) is 16.4 Å². The maximum absolute atomic E-state index is 12.2. The van der Waals surface area contributed by atoms with Gasteiger partial charge in [-0.2, -0.15) is 0 Å². The minimum absolute atomic E-state index is 0.154. The smallest absolute Gasteiger partial charge is 0.360 e. The van der Waals surface area contributed by atoms with Crippen LogP contribution in [0.15, 0.2) is 73.1 Å². The summed E-state index contributed by atoms with van der Waals surface area (Å²) >= 11 is 1.50. The lowest BCUT2D eigenvalue weighted by Crippen LogP contribution is -2.05. The predicted octanol–water partition coefficient (Wildman–Crippen LogP) is 3.75. The Morgan fingerprint density at radius 2 is 1.77 bits per heavy atom. The molecule has 0 N–H and O–H groups in total. The van der Waals surface area contributed by atoms with Gasteiger partial charge in [0.25, 0.3) is 0 Å². The molecule has 7 heteroatoms. The van der Waals surface area contributed by atoms with Gasteiger partial charge in [-0.25, -0.2) is 14.5 Å². The van der Waals surface area contributed by atoms with Gasteiger partial charge in [0, 0.05) is 11.8 Å². The van der Waals surface area contributed by atoms with Crippen molar-refractivity contribution in [1.82, 2.24) is 20.0 Å². The van der Waals surface area contributed by atoms with Crippen LogP contribution in [0.3, 0.4) is 0 Å². The number of hydrogen-bond donors (Lipinski definition) is 0. The van der Waals surface area contributed by atoms with Gasteiger partial charge in [-0.3, -0.25) is 0 Å². The molecule has 2 aromatic carbocycles. The van der Waals surface area contributed by atoms with Gasteiger partial charge in [0.2, 0.25) is 0 Å². The number of hydrogen-bond acceptors (Lipinski definition) is 6. The molecule has 0 unspecified atom stereocenters. The normalized spacial score (nSPS) is 10.6. The summed E-state index contributed by atoms with van der Waals surface area (Å²) in [6, 6.07) is 19.3. The van der Waals surface area contributed by atoms with Crippen molar-refractivity contribution in [1.29, 1.82) is 0 Å². The summed E-state index contributed by atoms with van der Waals surface area (Å²) in [6.45, 7) is 0.154. The summed E-state index contributed by atoms with van der Waals surface area (Å²) in [5, 5.41) is 8.74. The summed E-state index contributed by atoms with van der Waals surface area (Å²) in [5.41, 5.74) is 2.04. The van der Waals surface area contributed by atoms with Gasteiger partial charge in [-0.1, -0.05) is 53.7 Å². The van der Waals surface area contributed by atoms with Crippen molar-refractivity contribution in [3.05, 3.63) is 83.6 Å². The van der Waals surface area contributed by atoms with E-state index in [-0.39, 0.29) is 12.3 Å². The van der Waals surface area contributed by atoms with Crippen LogP contribution in [0.2, 0.25) is 0 Å². The molecular weight excluding hydrogens is 348 g/mol. The molecule has 0 saturated carbocycles. The molecule has 2 heterocycles. The molecule has 0 aliphatic heterocycles. The zero-order valence-electron chi connectivity index (χ0n) is 13.6. The fourth-order valence-electron chi connectivity index (χ4n) is 2.36. The van der Waals surface area contributed by atoms with E-state index in [1.165, 1.54) is 16.0 Å². The van der Waals surface area contributed by atoms with E-state index in [4.69, 9.17) is 4.74 Å². The summed E-state index contributed by atoms with van der Waals surface area (Å²) in [5.74, 6) is -0.512. The first-order chi connectivity index (χ1) is 12.8. The Morgan fingerprint density at radius 1 is 1.04 bits per heavy atom. The molecule has 2 aromatic heterocycles. The predicted molar refractivity (Wildman–Crippen MR) is 98.0 cm³/mol. The van der Waals surface area contributed by atoms with Crippen LogP contribution in [0, 0.1) is 0 Å². The summed E-state index contributed by atoms with van der Waals surface area (Å²) in [6.07, 6.45) is 3.28. The van der Waals surface area contributed by atoms with Crippen molar-refractivity contribution in [3.8, 4) is 16.3 Å². The largest absolute Gasteiger partial charge is 0.455 e. The molecule has 0 saturated heterocycles. The number of esters is 1. The summed E-state index contributed by atoms with van der Waals surface area (Å²) in [4.78, 5) is 17.4. The molecule has 0 bridgehead atoms. The first-order valence-corrected chi connectivity index (χ1v) is 8.76. The van der Waals surface area contributed by atoms with Gasteiger partial charge in [0.15, 0.2) is 5.69 Å².